The number of hydrogen-bond acceptors (Lipinski definition) is 5. The average molecular weight is 449 g/mol. The maximum absolute atomic E-state index is 13.3. The van der Waals surface area contributed by atoms with E-state index >= 15 is 0 Å². The Morgan fingerprint density at radius 3 is 2.56 bits per heavy atom. The van der Waals surface area contributed by atoms with Gasteiger partial charge in [0, 0.05) is 31.1 Å². The first-order chi connectivity index (χ1) is 15.4. The fraction of sp³-hybridized carbons (Fsp3) is 0.320. The van der Waals surface area contributed by atoms with Gasteiger partial charge in [-0.15, -0.1) is 0 Å². The van der Waals surface area contributed by atoms with Gasteiger partial charge < -0.3 is 5.73 Å². The van der Waals surface area contributed by atoms with E-state index in [9.17, 15) is 8.42 Å². The summed E-state index contributed by atoms with van der Waals surface area (Å²) < 4.78 is 26.8. The molecule has 0 spiro atoms. The van der Waals surface area contributed by atoms with Crippen LogP contribution in [-0.2, 0) is 29.5 Å². The van der Waals surface area contributed by atoms with Crippen LogP contribution in [0.15, 0.2) is 73.0 Å². The van der Waals surface area contributed by atoms with Gasteiger partial charge in [0.1, 0.15) is 4.75 Å². The molecule has 2 atom stereocenters. The van der Waals surface area contributed by atoms with E-state index < -0.39 is 14.8 Å². The molecule has 1 unspecified atom stereocenters. The molecule has 0 saturated carbocycles. The second kappa shape index (κ2) is 7.99. The van der Waals surface area contributed by atoms with E-state index in [1.807, 2.05) is 30.4 Å². The fourth-order valence-electron chi connectivity index (χ4n) is 4.71. The summed E-state index contributed by atoms with van der Waals surface area (Å²) in [5.41, 5.74) is 10.9. The molecule has 0 bridgehead atoms. The Morgan fingerprint density at radius 2 is 1.88 bits per heavy atom. The Kier molecular flexibility index (Phi) is 5.28. The second-order valence-electron chi connectivity index (χ2n) is 9.09. The molecule has 2 heterocycles. The molecule has 1 aliphatic heterocycles. The average Bonchev–Trinajstić information content (AvgIpc) is 3.37. The van der Waals surface area contributed by atoms with E-state index in [2.05, 4.69) is 34.3 Å². The maximum atomic E-state index is 13.3. The first kappa shape index (κ1) is 21.1. The van der Waals surface area contributed by atoms with Crippen LogP contribution in [-0.4, -0.2) is 39.8 Å². The molecule has 6 nitrogen and oxygen atoms in total. The normalized spacial score (nSPS) is 21.8. The van der Waals surface area contributed by atoms with E-state index in [0.717, 1.165) is 37.0 Å². The van der Waals surface area contributed by atoms with Crippen molar-refractivity contribution < 1.29 is 8.42 Å². The maximum Gasteiger partial charge on any atom is 0.263 e. The lowest BCUT2D eigenvalue weighted by molar-refractivity contribution is 0.264. The lowest BCUT2D eigenvalue weighted by Crippen LogP contribution is -2.38. The van der Waals surface area contributed by atoms with Gasteiger partial charge >= 0.3 is 0 Å². The van der Waals surface area contributed by atoms with Crippen molar-refractivity contribution >= 4 is 20.9 Å². The lowest BCUT2D eigenvalue weighted by atomic mass is 10.0. The third-order valence-corrected chi connectivity index (χ3v) is 8.76. The molecule has 0 radical (unpaired) electrons. The summed E-state index contributed by atoms with van der Waals surface area (Å²) in [5.74, 6) is 0. The summed E-state index contributed by atoms with van der Waals surface area (Å²) in [4.78, 5) is 2.38. The van der Waals surface area contributed by atoms with E-state index in [1.165, 1.54) is 15.2 Å². The predicted molar refractivity (Wildman–Crippen MR) is 128 cm³/mol. The molecule has 1 aliphatic carbocycles. The van der Waals surface area contributed by atoms with E-state index in [1.54, 1.807) is 25.3 Å². The van der Waals surface area contributed by atoms with Crippen LogP contribution in [0.1, 0.15) is 30.0 Å². The Hall–Kier alpha value is -2.74. The predicted octanol–water partition coefficient (Wildman–Crippen LogP) is 3.37. The molecule has 1 aromatic heterocycles. The highest BCUT2D eigenvalue weighted by Crippen LogP contribution is 2.31. The van der Waals surface area contributed by atoms with Crippen molar-refractivity contribution in [3.8, 4) is 0 Å². The van der Waals surface area contributed by atoms with Crippen LogP contribution >= 0.6 is 0 Å². The molecular weight excluding hydrogens is 420 g/mol. The zero-order valence-corrected chi connectivity index (χ0v) is 19.0. The first-order valence-electron chi connectivity index (χ1n) is 11.0. The molecule has 7 heteroatoms. The van der Waals surface area contributed by atoms with E-state index in [4.69, 9.17) is 5.73 Å². The molecule has 3 aromatic rings. The van der Waals surface area contributed by atoms with Crippen LogP contribution in [0.25, 0.3) is 10.9 Å². The van der Waals surface area contributed by atoms with E-state index in [-0.39, 0.29) is 6.04 Å². The number of allylic oxidation sites excluding steroid dienone is 3. The molecule has 0 fully saturated rings. The summed E-state index contributed by atoms with van der Waals surface area (Å²) in [6, 6.07) is 14.3. The van der Waals surface area contributed by atoms with Crippen molar-refractivity contribution in [1.29, 1.82) is 0 Å². The highest BCUT2D eigenvalue weighted by molar-refractivity contribution is 7.91. The topological polar surface area (TPSA) is 81.2 Å². The van der Waals surface area contributed by atoms with Gasteiger partial charge in [0.05, 0.1) is 11.7 Å². The molecular formula is C25H28N4O2S. The molecule has 0 saturated heterocycles. The summed E-state index contributed by atoms with van der Waals surface area (Å²) in [6.07, 6.45) is 10.1. The minimum atomic E-state index is -3.69. The number of hydrogen-bond donors (Lipinski definition) is 1. The van der Waals surface area contributed by atoms with Crippen molar-refractivity contribution in [2.24, 2.45) is 5.73 Å². The number of nitrogens with zero attached hydrogens (tertiary/aromatic N) is 3. The molecule has 32 heavy (non-hydrogen) atoms. The van der Waals surface area contributed by atoms with Gasteiger partial charge in [0.2, 0.25) is 0 Å². The third kappa shape index (κ3) is 3.70. The minimum absolute atomic E-state index is 0.00128. The fourth-order valence-corrected chi connectivity index (χ4v) is 6.25. The van der Waals surface area contributed by atoms with Crippen molar-refractivity contribution in [3.05, 3.63) is 89.7 Å². The SMILES string of the molecule is CC1(S(=O)(=O)n2ncc3cc(C[C@H](N)CN4Cc5ccccc5C4)ccc32)C=CC=CC1. The highest BCUT2D eigenvalue weighted by atomic mass is 32.2. The van der Waals surface area contributed by atoms with Crippen molar-refractivity contribution in [2.75, 3.05) is 6.54 Å². The summed E-state index contributed by atoms with van der Waals surface area (Å²) in [7, 11) is -3.69. The van der Waals surface area contributed by atoms with Crippen LogP contribution < -0.4 is 5.73 Å². The Bertz CT molecular complexity index is 1300. The van der Waals surface area contributed by atoms with Crippen molar-refractivity contribution in [1.82, 2.24) is 14.1 Å². The molecule has 5 rings (SSSR count). The summed E-state index contributed by atoms with van der Waals surface area (Å²) in [6.45, 7) is 4.43. The molecule has 2 N–H and O–H groups in total. The monoisotopic (exact) mass is 448 g/mol. The second-order valence-corrected chi connectivity index (χ2v) is 11.3. The Balaban J connectivity index is 1.31. The van der Waals surface area contributed by atoms with E-state index in [0.29, 0.717) is 11.9 Å². The van der Waals surface area contributed by atoms with Crippen LogP contribution in [0.4, 0.5) is 0 Å². The number of benzene rings is 2. The van der Waals surface area contributed by atoms with Crippen molar-refractivity contribution in [3.63, 3.8) is 0 Å². The minimum Gasteiger partial charge on any atom is -0.326 e. The smallest absolute Gasteiger partial charge is 0.263 e. The van der Waals surface area contributed by atoms with Crippen LogP contribution in [0.5, 0.6) is 0 Å². The van der Waals surface area contributed by atoms with Crippen molar-refractivity contribution in [2.45, 2.75) is 43.6 Å². The highest BCUT2D eigenvalue weighted by Gasteiger charge is 2.39. The van der Waals surface area contributed by atoms with Crippen LogP contribution in [0, 0.1) is 0 Å². The van der Waals surface area contributed by atoms with Crippen LogP contribution in [0.2, 0.25) is 0 Å². The zero-order chi connectivity index (χ0) is 22.3. The molecule has 0 amide bonds. The van der Waals surface area contributed by atoms with Gasteiger partial charge in [-0.25, -0.2) is 8.42 Å². The lowest BCUT2D eigenvalue weighted by Gasteiger charge is -2.26. The largest absolute Gasteiger partial charge is 0.326 e. The van der Waals surface area contributed by atoms with Gasteiger partial charge in [0.25, 0.3) is 10.0 Å². The number of nitrogens with two attached hydrogens (primary N) is 1. The van der Waals surface area contributed by atoms with Gasteiger partial charge in [-0.2, -0.15) is 9.19 Å². The van der Waals surface area contributed by atoms with Gasteiger partial charge in [0.15, 0.2) is 0 Å². The third-order valence-electron chi connectivity index (χ3n) is 6.53. The van der Waals surface area contributed by atoms with Gasteiger partial charge in [-0.1, -0.05) is 54.6 Å². The number of aromatic nitrogens is 2. The number of rotatable bonds is 6. The summed E-state index contributed by atoms with van der Waals surface area (Å²) in [5, 5.41) is 5.06. The quantitative estimate of drug-likeness (QED) is 0.625. The molecule has 166 valence electrons. The molecule has 2 aromatic carbocycles. The molecule has 2 aliphatic rings. The standard InChI is InChI=1S/C25H28N4O2S/c1-25(11-5-2-6-12-25)32(30,31)29-24-10-9-19(13-22(24)15-27-29)14-23(26)18-28-16-20-7-3-4-8-21(20)17-28/h2-11,13,15,23H,12,14,16-18,26H2,1H3/t23-,25?/m0/s1. The summed E-state index contributed by atoms with van der Waals surface area (Å²) >= 11 is 0. The van der Waals surface area contributed by atoms with Gasteiger partial charge in [-0.05, 0) is 48.6 Å². The Labute approximate surface area is 189 Å². The van der Waals surface area contributed by atoms with Crippen LogP contribution in [0.3, 0.4) is 0 Å². The Morgan fingerprint density at radius 1 is 1.12 bits per heavy atom. The van der Waals surface area contributed by atoms with Gasteiger partial charge in [-0.3, -0.25) is 4.90 Å². The first-order valence-corrected chi connectivity index (χ1v) is 12.4. The number of fused-ring (bicyclic) bond motifs is 2. The zero-order valence-electron chi connectivity index (χ0n) is 18.2.